The minimum atomic E-state index is -0.510. The van der Waals surface area contributed by atoms with Crippen molar-refractivity contribution in [2.75, 3.05) is 18.0 Å². The molecule has 8 nitrogen and oxygen atoms in total. The Morgan fingerprint density at radius 1 is 1.35 bits per heavy atom. The van der Waals surface area contributed by atoms with Gasteiger partial charge in [-0.25, -0.2) is 4.79 Å². The van der Waals surface area contributed by atoms with Crippen molar-refractivity contribution in [1.29, 1.82) is 0 Å². The summed E-state index contributed by atoms with van der Waals surface area (Å²) in [6.45, 7) is 6.87. The Kier molecular flexibility index (Phi) is 3.62. The summed E-state index contributed by atoms with van der Waals surface area (Å²) in [7, 11) is 0. The van der Waals surface area contributed by atoms with Crippen molar-refractivity contribution < 1.29 is 14.5 Å². The summed E-state index contributed by atoms with van der Waals surface area (Å²) in [5, 5.41) is 10.7. The molecule has 0 aromatic carbocycles. The van der Waals surface area contributed by atoms with Gasteiger partial charge >= 0.3 is 11.9 Å². The van der Waals surface area contributed by atoms with Crippen LogP contribution in [0, 0.1) is 10.1 Å². The van der Waals surface area contributed by atoms with Crippen LogP contribution in [-0.2, 0) is 4.74 Å². The van der Waals surface area contributed by atoms with Crippen molar-refractivity contribution in [2.24, 2.45) is 0 Å². The number of pyridine rings is 1. The molecule has 0 aliphatic carbocycles. The zero-order valence-corrected chi connectivity index (χ0v) is 13.4. The first-order valence-electron chi connectivity index (χ1n) is 7.61. The van der Waals surface area contributed by atoms with E-state index < -0.39 is 10.5 Å². The Labute approximate surface area is 134 Å². The maximum atomic E-state index is 12.2. The monoisotopic (exact) mass is 320 g/mol. The molecule has 2 saturated heterocycles. The molecule has 3 heterocycles. The Hall–Kier alpha value is -2.38. The second kappa shape index (κ2) is 5.36. The molecule has 3 rings (SSSR count). The van der Waals surface area contributed by atoms with Gasteiger partial charge in [-0.05, 0) is 43.2 Å². The molecular weight excluding hydrogens is 300 g/mol. The van der Waals surface area contributed by atoms with Crippen molar-refractivity contribution in [3.8, 4) is 0 Å². The molecule has 2 fully saturated rings. The van der Waals surface area contributed by atoms with Crippen LogP contribution in [0.1, 0.15) is 27.2 Å². The van der Waals surface area contributed by atoms with E-state index in [0.717, 1.165) is 12.1 Å². The smallest absolute Gasteiger partial charge is 0.410 e. The number of nitrogens with zero attached hydrogens (tertiary/aromatic N) is 4. The van der Waals surface area contributed by atoms with Gasteiger partial charge in [-0.15, -0.1) is 0 Å². The summed E-state index contributed by atoms with van der Waals surface area (Å²) in [6, 6.07) is 3.44. The third-order valence-electron chi connectivity index (χ3n) is 4.12. The highest BCUT2D eigenvalue weighted by atomic mass is 16.6. The lowest BCUT2D eigenvalue weighted by Crippen LogP contribution is -2.50. The molecule has 1 aromatic rings. The van der Waals surface area contributed by atoms with Gasteiger partial charge in [0, 0.05) is 25.2 Å². The van der Waals surface area contributed by atoms with Crippen LogP contribution in [0.5, 0.6) is 0 Å². The summed E-state index contributed by atoms with van der Waals surface area (Å²) in [5.74, 6) is -0.159. The molecule has 0 N–H and O–H groups in total. The summed E-state index contributed by atoms with van der Waals surface area (Å²) in [5.41, 5.74) is 0.355. The van der Waals surface area contributed by atoms with E-state index in [0.29, 0.717) is 13.1 Å². The van der Waals surface area contributed by atoms with Crippen molar-refractivity contribution in [3.05, 3.63) is 28.4 Å². The SMILES string of the molecule is CC(C)(C)OC(=O)N1C[C@H]2C[C@@H]1CN2c1ccc([N+](=O)[O-])nc1. The predicted molar refractivity (Wildman–Crippen MR) is 83.4 cm³/mol. The number of nitro groups is 1. The molecule has 8 heteroatoms. The Morgan fingerprint density at radius 2 is 2.09 bits per heavy atom. The fourth-order valence-corrected chi connectivity index (χ4v) is 3.18. The largest absolute Gasteiger partial charge is 0.444 e. The first-order chi connectivity index (χ1) is 10.7. The highest BCUT2D eigenvalue weighted by molar-refractivity contribution is 5.70. The van der Waals surface area contributed by atoms with Crippen LogP contribution in [0.4, 0.5) is 16.3 Å². The van der Waals surface area contributed by atoms with Gasteiger partial charge in [-0.1, -0.05) is 0 Å². The van der Waals surface area contributed by atoms with Crippen LogP contribution in [0.2, 0.25) is 0 Å². The van der Waals surface area contributed by atoms with Gasteiger partial charge in [0.1, 0.15) is 5.60 Å². The molecule has 0 saturated carbocycles. The normalized spacial score (nSPS) is 23.3. The van der Waals surface area contributed by atoms with Gasteiger partial charge in [0.2, 0.25) is 0 Å². The van der Waals surface area contributed by atoms with Crippen LogP contribution in [-0.4, -0.2) is 51.7 Å². The van der Waals surface area contributed by atoms with E-state index in [9.17, 15) is 14.9 Å². The lowest BCUT2D eigenvalue weighted by molar-refractivity contribution is -0.389. The van der Waals surface area contributed by atoms with Crippen molar-refractivity contribution in [2.45, 2.75) is 44.9 Å². The first kappa shape index (κ1) is 15.5. The van der Waals surface area contributed by atoms with Crippen LogP contribution in [0.15, 0.2) is 18.3 Å². The number of aromatic nitrogens is 1. The van der Waals surface area contributed by atoms with E-state index >= 15 is 0 Å². The molecule has 2 aliphatic heterocycles. The Morgan fingerprint density at radius 3 is 2.57 bits per heavy atom. The standard InChI is InChI=1S/C15H20N4O4/c1-15(2,3)23-14(20)18-9-11-6-12(18)8-17(11)10-4-5-13(16-7-10)19(21)22/h4-5,7,11-12H,6,8-9H2,1-3H3/t11-,12-/m1/s1. The highest BCUT2D eigenvalue weighted by Crippen LogP contribution is 2.35. The highest BCUT2D eigenvalue weighted by Gasteiger charge is 2.46. The molecule has 124 valence electrons. The number of hydrogen-bond donors (Lipinski definition) is 0. The van der Waals surface area contributed by atoms with Crippen LogP contribution in [0.25, 0.3) is 0 Å². The fourth-order valence-electron chi connectivity index (χ4n) is 3.18. The minimum Gasteiger partial charge on any atom is -0.444 e. The van der Waals surface area contributed by atoms with E-state index in [4.69, 9.17) is 4.74 Å². The van der Waals surface area contributed by atoms with Crippen LogP contribution >= 0.6 is 0 Å². The van der Waals surface area contributed by atoms with Gasteiger partial charge in [0.05, 0.1) is 11.7 Å². The van der Waals surface area contributed by atoms with E-state index in [2.05, 4.69) is 9.88 Å². The average molecular weight is 320 g/mol. The number of ether oxygens (including phenoxy) is 1. The first-order valence-corrected chi connectivity index (χ1v) is 7.61. The number of carbonyl (C=O) groups excluding carboxylic acids is 1. The molecule has 1 aromatic heterocycles. The van der Waals surface area contributed by atoms with Crippen molar-refractivity contribution in [1.82, 2.24) is 9.88 Å². The van der Waals surface area contributed by atoms with Crippen molar-refractivity contribution in [3.63, 3.8) is 0 Å². The van der Waals surface area contributed by atoms with E-state index in [1.165, 1.54) is 12.3 Å². The van der Waals surface area contributed by atoms with E-state index in [-0.39, 0.29) is 24.0 Å². The van der Waals surface area contributed by atoms with Crippen molar-refractivity contribution >= 4 is 17.6 Å². The molecule has 23 heavy (non-hydrogen) atoms. The Bertz CT molecular complexity index is 625. The van der Waals surface area contributed by atoms with Crippen LogP contribution in [0.3, 0.4) is 0 Å². The number of fused-ring (bicyclic) bond motifs is 2. The number of likely N-dealkylation sites (tertiary alicyclic amines) is 1. The molecule has 2 bridgehead atoms. The lowest BCUT2D eigenvalue weighted by atomic mass is 10.2. The zero-order chi connectivity index (χ0) is 16.8. The minimum absolute atomic E-state index is 0.116. The second-order valence-corrected chi connectivity index (χ2v) is 6.96. The maximum absolute atomic E-state index is 12.2. The van der Waals surface area contributed by atoms with E-state index in [1.54, 1.807) is 11.0 Å². The quantitative estimate of drug-likeness (QED) is 0.613. The molecule has 0 spiro atoms. The lowest BCUT2D eigenvalue weighted by Gasteiger charge is -2.35. The van der Waals surface area contributed by atoms with E-state index in [1.807, 2.05) is 20.8 Å². The summed E-state index contributed by atoms with van der Waals surface area (Å²) >= 11 is 0. The summed E-state index contributed by atoms with van der Waals surface area (Å²) in [6.07, 6.45) is 2.14. The topological polar surface area (TPSA) is 88.8 Å². The average Bonchev–Trinajstić information content (AvgIpc) is 3.05. The Balaban J connectivity index is 1.66. The molecule has 2 aliphatic rings. The maximum Gasteiger partial charge on any atom is 0.410 e. The fraction of sp³-hybridized carbons (Fsp3) is 0.600. The number of rotatable bonds is 2. The molecule has 2 atom stereocenters. The van der Waals surface area contributed by atoms with Gasteiger partial charge in [-0.2, -0.15) is 0 Å². The number of anilines is 1. The van der Waals surface area contributed by atoms with Gasteiger partial charge in [0.15, 0.2) is 6.20 Å². The molecule has 0 unspecified atom stereocenters. The number of hydrogen-bond acceptors (Lipinski definition) is 6. The second-order valence-electron chi connectivity index (χ2n) is 6.96. The number of amides is 1. The third-order valence-corrected chi connectivity index (χ3v) is 4.12. The summed E-state index contributed by atoms with van der Waals surface area (Å²) in [4.78, 5) is 30.2. The summed E-state index contributed by atoms with van der Waals surface area (Å²) < 4.78 is 5.44. The predicted octanol–water partition coefficient (Wildman–Crippen LogP) is 2.19. The number of piperazine rings is 1. The zero-order valence-electron chi connectivity index (χ0n) is 13.4. The van der Waals surface area contributed by atoms with Gasteiger partial charge in [0.25, 0.3) is 0 Å². The molecule has 0 radical (unpaired) electrons. The molecular formula is C15H20N4O4. The number of carbonyl (C=O) groups is 1. The third kappa shape index (κ3) is 3.06. The van der Waals surface area contributed by atoms with Gasteiger partial charge < -0.3 is 24.7 Å². The molecule has 1 amide bonds. The van der Waals surface area contributed by atoms with Gasteiger partial charge in [-0.3, -0.25) is 0 Å². The van der Waals surface area contributed by atoms with Crippen LogP contribution < -0.4 is 4.90 Å².